The Morgan fingerprint density at radius 2 is 1.59 bits per heavy atom. The summed E-state index contributed by atoms with van der Waals surface area (Å²) in [4.78, 5) is 0. The molecule has 2 aromatic rings. The molecule has 0 aliphatic heterocycles. The van der Waals surface area contributed by atoms with Crippen LogP contribution in [0.3, 0.4) is 0 Å². The van der Waals surface area contributed by atoms with Crippen LogP contribution in [0.1, 0.15) is 5.56 Å². The Bertz CT molecular complexity index is 428. The summed E-state index contributed by atoms with van der Waals surface area (Å²) in [5.74, 6) is 0.923. The van der Waals surface area contributed by atoms with Crippen molar-refractivity contribution in [3.63, 3.8) is 0 Å². The SMILES string of the molecule is B.COc1ccc(CPc2ccccc2)cc1. The lowest BCUT2D eigenvalue weighted by molar-refractivity contribution is 0.414. The number of rotatable bonds is 4. The molecule has 0 amide bonds. The highest BCUT2D eigenvalue weighted by Gasteiger charge is 1.95. The zero-order valence-corrected chi connectivity index (χ0v) is 10.3. The van der Waals surface area contributed by atoms with E-state index in [1.54, 1.807) is 7.11 Å². The van der Waals surface area contributed by atoms with Crippen LogP contribution in [0.25, 0.3) is 0 Å². The third kappa shape index (κ3) is 4.24. The summed E-state index contributed by atoms with van der Waals surface area (Å²) in [5, 5.41) is 1.42. The van der Waals surface area contributed by atoms with E-state index in [2.05, 4.69) is 42.5 Å². The van der Waals surface area contributed by atoms with Crippen molar-refractivity contribution in [3.8, 4) is 5.75 Å². The topological polar surface area (TPSA) is 9.23 Å². The van der Waals surface area contributed by atoms with Crippen LogP contribution < -0.4 is 10.0 Å². The highest BCUT2D eigenvalue weighted by Crippen LogP contribution is 2.20. The molecule has 88 valence electrons. The van der Waals surface area contributed by atoms with Crippen molar-refractivity contribution in [2.45, 2.75) is 6.16 Å². The van der Waals surface area contributed by atoms with Crippen molar-refractivity contribution in [2.75, 3.05) is 7.11 Å². The van der Waals surface area contributed by atoms with Crippen molar-refractivity contribution >= 4 is 22.3 Å². The minimum atomic E-state index is 0. The summed E-state index contributed by atoms with van der Waals surface area (Å²) in [6.45, 7) is 0. The van der Waals surface area contributed by atoms with Gasteiger partial charge in [0.1, 0.15) is 5.75 Å². The molecule has 1 atom stereocenters. The van der Waals surface area contributed by atoms with E-state index in [1.165, 1.54) is 10.9 Å². The molecule has 0 spiro atoms. The predicted octanol–water partition coefficient (Wildman–Crippen LogP) is 2.02. The molecule has 0 N–H and O–H groups in total. The van der Waals surface area contributed by atoms with Crippen LogP contribution in [-0.2, 0) is 6.16 Å². The van der Waals surface area contributed by atoms with E-state index in [9.17, 15) is 0 Å². The van der Waals surface area contributed by atoms with Crippen LogP contribution in [0.5, 0.6) is 5.75 Å². The maximum atomic E-state index is 5.13. The summed E-state index contributed by atoms with van der Waals surface area (Å²) < 4.78 is 5.13. The third-order valence-electron chi connectivity index (χ3n) is 2.43. The van der Waals surface area contributed by atoms with Gasteiger partial charge in [0, 0.05) is 0 Å². The van der Waals surface area contributed by atoms with Crippen molar-refractivity contribution in [2.24, 2.45) is 0 Å². The first kappa shape index (κ1) is 13.8. The van der Waals surface area contributed by atoms with Gasteiger partial charge < -0.3 is 4.74 Å². The van der Waals surface area contributed by atoms with Crippen LogP contribution in [0.2, 0.25) is 0 Å². The second-order valence-corrected chi connectivity index (χ2v) is 4.85. The summed E-state index contributed by atoms with van der Waals surface area (Å²) in [6.07, 6.45) is 1.11. The molecule has 1 nitrogen and oxygen atoms in total. The van der Waals surface area contributed by atoms with Gasteiger partial charge in [-0.05, 0) is 29.2 Å². The fourth-order valence-electron chi connectivity index (χ4n) is 1.50. The molecule has 0 radical (unpaired) electrons. The first-order valence-corrected chi connectivity index (χ1v) is 6.51. The van der Waals surface area contributed by atoms with Crippen LogP contribution in [0.4, 0.5) is 0 Å². The average Bonchev–Trinajstić information content (AvgIpc) is 2.38. The second-order valence-electron chi connectivity index (χ2n) is 3.57. The maximum absolute atomic E-state index is 5.13. The summed E-state index contributed by atoms with van der Waals surface area (Å²) in [6, 6.07) is 18.9. The summed E-state index contributed by atoms with van der Waals surface area (Å²) in [5.41, 5.74) is 1.36. The summed E-state index contributed by atoms with van der Waals surface area (Å²) in [7, 11) is 2.53. The Hall–Kier alpha value is -1.27. The standard InChI is InChI=1S/C14H15OP.BH3/c1-15-13-9-7-12(8-10-13)11-16-14-5-3-2-4-6-14;/h2-10,16H,11H2,1H3;1H3. The predicted molar refractivity (Wildman–Crippen MR) is 81.0 cm³/mol. The molecule has 0 saturated carbocycles. The number of benzene rings is 2. The Labute approximate surface area is 107 Å². The van der Waals surface area contributed by atoms with Gasteiger partial charge in [-0.25, -0.2) is 0 Å². The molecule has 0 aliphatic rings. The molecule has 0 aliphatic carbocycles. The van der Waals surface area contributed by atoms with E-state index in [-0.39, 0.29) is 8.41 Å². The van der Waals surface area contributed by atoms with Crippen LogP contribution in [-0.4, -0.2) is 15.5 Å². The van der Waals surface area contributed by atoms with Crippen LogP contribution >= 0.6 is 8.58 Å². The molecule has 0 bridgehead atoms. The monoisotopic (exact) mass is 244 g/mol. The molecule has 0 heterocycles. The second kappa shape index (κ2) is 7.14. The Morgan fingerprint density at radius 1 is 0.941 bits per heavy atom. The average molecular weight is 244 g/mol. The molecule has 0 aromatic heterocycles. The Kier molecular flexibility index (Phi) is 5.79. The van der Waals surface area contributed by atoms with Gasteiger partial charge in [-0.2, -0.15) is 0 Å². The van der Waals surface area contributed by atoms with E-state index >= 15 is 0 Å². The fourth-order valence-corrected chi connectivity index (χ4v) is 2.58. The molecule has 17 heavy (non-hydrogen) atoms. The van der Waals surface area contributed by atoms with Crippen molar-refractivity contribution < 1.29 is 4.74 Å². The normalized spacial score (nSPS) is 10.2. The number of methoxy groups -OCH3 is 1. The number of ether oxygens (including phenoxy) is 1. The van der Waals surface area contributed by atoms with Gasteiger partial charge in [-0.1, -0.05) is 51.0 Å². The van der Waals surface area contributed by atoms with Gasteiger partial charge >= 0.3 is 0 Å². The van der Waals surface area contributed by atoms with E-state index in [1.807, 2.05) is 12.1 Å². The smallest absolute Gasteiger partial charge is 0.118 e. The zero-order chi connectivity index (χ0) is 11.2. The quantitative estimate of drug-likeness (QED) is 0.590. The third-order valence-corrected chi connectivity index (χ3v) is 3.76. The van der Waals surface area contributed by atoms with Crippen LogP contribution in [0.15, 0.2) is 54.6 Å². The minimum absolute atomic E-state index is 0. The van der Waals surface area contributed by atoms with Crippen molar-refractivity contribution in [1.29, 1.82) is 0 Å². The van der Waals surface area contributed by atoms with Gasteiger partial charge in [0.25, 0.3) is 0 Å². The van der Waals surface area contributed by atoms with E-state index < -0.39 is 0 Å². The number of hydrogen-bond donors (Lipinski definition) is 0. The van der Waals surface area contributed by atoms with Crippen molar-refractivity contribution in [1.82, 2.24) is 0 Å². The maximum Gasteiger partial charge on any atom is 0.118 e. The first-order valence-electron chi connectivity index (χ1n) is 5.30. The summed E-state index contributed by atoms with van der Waals surface area (Å²) >= 11 is 0. The highest BCUT2D eigenvalue weighted by atomic mass is 31.1. The van der Waals surface area contributed by atoms with Gasteiger partial charge in [-0.3, -0.25) is 0 Å². The number of hydrogen-bond acceptors (Lipinski definition) is 1. The highest BCUT2D eigenvalue weighted by molar-refractivity contribution is 7.46. The zero-order valence-electron chi connectivity index (χ0n) is 9.31. The Balaban J connectivity index is 0.00000144. The van der Waals surface area contributed by atoms with Gasteiger partial charge in [0.2, 0.25) is 0 Å². The molecule has 0 fully saturated rings. The lowest BCUT2D eigenvalue weighted by atomic mass is 10.2. The van der Waals surface area contributed by atoms with Gasteiger partial charge in [-0.15, -0.1) is 0 Å². The molecular formula is C14H18BOP. The minimum Gasteiger partial charge on any atom is -0.497 e. The lowest BCUT2D eigenvalue weighted by Gasteiger charge is -2.04. The molecule has 1 unspecified atom stereocenters. The van der Waals surface area contributed by atoms with Gasteiger partial charge in [0.05, 0.1) is 15.5 Å². The Morgan fingerprint density at radius 3 is 2.18 bits per heavy atom. The lowest BCUT2D eigenvalue weighted by Crippen LogP contribution is -1.92. The van der Waals surface area contributed by atoms with E-state index in [0.29, 0.717) is 0 Å². The molecule has 0 saturated heterocycles. The first-order chi connectivity index (χ1) is 7.88. The largest absolute Gasteiger partial charge is 0.497 e. The van der Waals surface area contributed by atoms with Gasteiger partial charge in [0.15, 0.2) is 0 Å². The molecule has 2 aromatic carbocycles. The molecular weight excluding hydrogens is 226 g/mol. The van der Waals surface area contributed by atoms with Crippen molar-refractivity contribution in [3.05, 3.63) is 60.2 Å². The fraction of sp³-hybridized carbons (Fsp3) is 0.143. The van der Waals surface area contributed by atoms with E-state index in [0.717, 1.165) is 20.5 Å². The molecule has 3 heteroatoms. The van der Waals surface area contributed by atoms with E-state index in [4.69, 9.17) is 4.74 Å². The van der Waals surface area contributed by atoms with Crippen LogP contribution in [0, 0.1) is 0 Å². The molecule has 2 rings (SSSR count).